The van der Waals surface area contributed by atoms with Crippen LogP contribution in [0.5, 0.6) is 0 Å². The first-order chi connectivity index (χ1) is 57.9. The van der Waals surface area contributed by atoms with E-state index in [0.717, 1.165) is 78.5 Å². The monoisotopic (exact) mass is 1740 g/mol. The summed E-state index contributed by atoms with van der Waals surface area (Å²) in [5.74, 6) is 0.504. The molecule has 6 aromatic heterocycles. The predicted molar refractivity (Wildman–Crippen MR) is 477 cm³/mol. The highest BCUT2D eigenvalue weighted by Crippen LogP contribution is 2.39. The molecule has 0 unspecified atom stereocenters. The summed E-state index contributed by atoms with van der Waals surface area (Å²) in [6.07, 6.45) is 3.94. The van der Waals surface area contributed by atoms with Crippen molar-refractivity contribution in [2.24, 2.45) is 0 Å². The first-order valence-corrected chi connectivity index (χ1v) is 42.2. The molecule has 9 aromatic rings. The number of benzene rings is 3. The van der Waals surface area contributed by atoms with Crippen LogP contribution in [-0.4, -0.2) is 266 Å². The number of amides is 3. The molecule has 6 aliphatic rings. The molecule has 0 atom stereocenters. The summed E-state index contributed by atoms with van der Waals surface area (Å²) in [6, 6.07) is 13.0. The second-order valence-electron chi connectivity index (χ2n) is 30.5. The van der Waals surface area contributed by atoms with E-state index in [2.05, 4.69) is 100 Å². The fourth-order valence-electron chi connectivity index (χ4n) is 16.8. The third-order valence-corrected chi connectivity index (χ3v) is 25.0. The number of aryl methyl sites for hydroxylation is 3. The third-order valence-electron chi connectivity index (χ3n) is 23.8. The van der Waals surface area contributed by atoms with Crippen molar-refractivity contribution in [2.45, 2.75) is 80.4 Å². The van der Waals surface area contributed by atoms with E-state index in [1.54, 1.807) is 53.7 Å². The van der Waals surface area contributed by atoms with Crippen molar-refractivity contribution < 1.29 is 27.6 Å². The summed E-state index contributed by atoms with van der Waals surface area (Å²) in [4.78, 5) is 132. The Morgan fingerprint density at radius 2 is 0.702 bits per heavy atom. The zero-order chi connectivity index (χ0) is 87.0. The summed E-state index contributed by atoms with van der Waals surface area (Å²) in [5, 5.41) is 1.47. The second kappa shape index (κ2) is 36.9. The number of anilines is 9. The SMILES string of the molecule is C=CC(=O)N1CCN(c2nc(N3CC(N(CC)CC)C3)nc3c(=O)n(-c4c(F)ccc(Cl)c4N)c(C)cc23)CC1.C=CC(=O)N1CCN(c2nc(N3CC(N(CC)CC)C3)nc3c(=O)n(-c4c(N)c(Cl)cc(Cl)c4F)c(C)cc23)CC1.C=CC(=O)N1CCN(c2nc(N3CC(N(CC)CC)C3)nc3c(=O)n(-c4c(N)ccc(Cl)c4F)c(C)cc23)CC1. The molecular weight excluding hydrogens is 1640 g/mol. The molecule has 0 radical (unpaired) electrons. The number of hydrogen-bond acceptors (Lipinski definition) is 24. The summed E-state index contributed by atoms with van der Waals surface area (Å²) >= 11 is 24.6. The number of hydrogen-bond donors (Lipinski definition) is 3. The lowest BCUT2D eigenvalue weighted by atomic mass is 10.1. The van der Waals surface area contributed by atoms with Gasteiger partial charge in [0.05, 0.1) is 53.3 Å². The van der Waals surface area contributed by atoms with Crippen molar-refractivity contribution in [3.8, 4) is 17.1 Å². The number of fused-ring (bicyclic) bond motifs is 3. The Labute approximate surface area is 719 Å². The molecular formula is C84H101Cl4F3N24O6. The Bertz CT molecular complexity index is 5470. The van der Waals surface area contributed by atoms with Gasteiger partial charge >= 0.3 is 0 Å². The van der Waals surface area contributed by atoms with Crippen molar-refractivity contribution in [3.05, 3.63) is 172 Å². The molecule has 3 amide bonds. The van der Waals surface area contributed by atoms with Crippen molar-refractivity contribution >= 4 is 149 Å². The van der Waals surface area contributed by atoms with Gasteiger partial charge in [0.2, 0.25) is 35.6 Å². The van der Waals surface area contributed by atoms with Crippen molar-refractivity contribution in [1.82, 2.24) is 73.0 Å². The van der Waals surface area contributed by atoms with E-state index in [4.69, 9.17) is 93.5 Å². The maximum absolute atomic E-state index is 15.3. The van der Waals surface area contributed by atoms with E-state index in [0.29, 0.717) is 165 Å². The number of rotatable bonds is 21. The molecule has 0 aliphatic carbocycles. The Balaban J connectivity index is 0.000000157. The minimum absolute atomic E-state index is 0.0199. The molecule has 37 heteroatoms. The van der Waals surface area contributed by atoms with Crippen LogP contribution in [0.15, 0.2) is 101 Å². The number of nitrogens with two attached hydrogens (primary N) is 3. The molecule has 6 aliphatic heterocycles. The smallest absolute Gasteiger partial charge is 0.282 e. The van der Waals surface area contributed by atoms with Crippen LogP contribution >= 0.6 is 46.4 Å². The van der Waals surface area contributed by atoms with E-state index in [-0.39, 0.29) is 88.5 Å². The largest absolute Gasteiger partial charge is 0.397 e. The molecule has 0 spiro atoms. The minimum atomic E-state index is -0.847. The van der Waals surface area contributed by atoms with E-state index in [1.165, 1.54) is 62.3 Å². The molecule has 121 heavy (non-hydrogen) atoms. The van der Waals surface area contributed by atoms with Crippen LogP contribution in [-0.2, 0) is 14.4 Å². The van der Waals surface area contributed by atoms with Gasteiger partial charge < -0.3 is 61.3 Å². The van der Waals surface area contributed by atoms with Gasteiger partial charge in [-0.2, -0.15) is 15.0 Å². The lowest BCUT2D eigenvalue weighted by Crippen LogP contribution is -2.60. The molecule has 15 rings (SSSR count). The number of carbonyl (C=O) groups is 3. The number of aromatic nitrogens is 9. The average Bonchev–Trinajstić information content (AvgIpc) is 0.744. The zero-order valence-electron chi connectivity index (χ0n) is 69.4. The topological polar surface area (TPSA) is 311 Å². The van der Waals surface area contributed by atoms with Crippen LogP contribution in [0.4, 0.5) is 65.5 Å². The summed E-state index contributed by atoms with van der Waals surface area (Å²) in [7, 11) is 0. The maximum atomic E-state index is 15.3. The number of nitrogen functional groups attached to an aromatic ring is 3. The van der Waals surface area contributed by atoms with Crippen molar-refractivity contribution in [1.29, 1.82) is 0 Å². The standard InChI is InChI=1S/C28H33Cl2FN8O2.2C28H34ClFN8O2/c1-5-21(40)36-8-10-37(11-9-36)26-18-12-16(4)39(25-22(31)19(29)13-20(30)23(25)32)27(41)24(18)33-28(34-26)38-14-17(15-38)35(6-2)7-3;1-5-22(39)35-10-12-36(13-11-35)26-19-14-17(4)38(25-21(31)9-8-20(29)23(25)30)27(40)24(19)32-28(33-26)37-15-18(16-37)34(6-2)7-3;1-5-22(39)35-10-12-36(13-11-35)26-19-14-17(4)38(25-21(30)9-8-20(29)23(25)31)27(40)24(19)32-28(33-26)37-15-18(16-37)34(6-2)7-3/h5,12-13,17H,1,6-11,14-15,32H2,2-4H3;2*5,8-9,14,18H,1,6-7,10-13,15-16,31H2,2-4H3. The van der Waals surface area contributed by atoms with Crippen LogP contribution in [0, 0.1) is 38.2 Å². The molecule has 6 saturated heterocycles. The fourth-order valence-corrected chi connectivity index (χ4v) is 17.5. The van der Waals surface area contributed by atoms with E-state index >= 15 is 13.2 Å². The van der Waals surface area contributed by atoms with Gasteiger partial charge in [-0.3, -0.25) is 57.2 Å². The quantitative estimate of drug-likeness (QED) is 0.0343. The maximum Gasteiger partial charge on any atom is 0.282 e. The molecule has 6 N–H and O–H groups in total. The number of carbonyl (C=O) groups excluding carboxylic acids is 3. The van der Waals surface area contributed by atoms with Gasteiger partial charge in [0, 0.05) is 153 Å². The number of pyridine rings is 3. The summed E-state index contributed by atoms with van der Waals surface area (Å²) < 4.78 is 49.2. The predicted octanol–water partition coefficient (Wildman–Crippen LogP) is 9.14. The average molecular weight is 1740 g/mol. The first kappa shape index (κ1) is 88.0. The lowest BCUT2D eigenvalue weighted by Gasteiger charge is -2.45. The molecule has 0 saturated carbocycles. The second-order valence-corrected chi connectivity index (χ2v) is 32.1. The highest BCUT2D eigenvalue weighted by atomic mass is 35.5. The van der Waals surface area contributed by atoms with Crippen molar-refractivity contribution in [3.63, 3.8) is 0 Å². The number of nitrogens with zero attached hydrogens (tertiary/aromatic N) is 21. The number of likely N-dealkylation sites (N-methyl/N-ethyl adjacent to an activating group) is 3. The number of halogens is 7. The molecule has 0 bridgehead atoms. The summed E-state index contributed by atoms with van der Waals surface area (Å²) in [5.41, 5.74) is 18.2. The number of piperazine rings is 3. The molecule has 12 heterocycles. The summed E-state index contributed by atoms with van der Waals surface area (Å²) in [6.45, 7) is 44.9. The Morgan fingerprint density at radius 3 is 1.02 bits per heavy atom. The van der Waals surface area contributed by atoms with Gasteiger partial charge in [-0.1, -0.05) is 108 Å². The van der Waals surface area contributed by atoms with Gasteiger partial charge in [-0.05, 0) is 127 Å². The molecule has 30 nitrogen and oxygen atoms in total. The highest BCUT2D eigenvalue weighted by molar-refractivity contribution is 6.37. The van der Waals surface area contributed by atoms with E-state index in [1.807, 2.05) is 4.90 Å². The van der Waals surface area contributed by atoms with Crippen molar-refractivity contribution in [2.75, 3.05) is 204 Å². The van der Waals surface area contributed by atoms with Gasteiger partial charge in [0.15, 0.2) is 11.6 Å². The van der Waals surface area contributed by atoms with Crippen LogP contribution in [0.1, 0.15) is 58.6 Å². The Morgan fingerprint density at radius 1 is 0.405 bits per heavy atom. The molecule has 6 fully saturated rings. The minimum Gasteiger partial charge on any atom is -0.397 e. The Kier molecular flexibility index (Phi) is 26.8. The first-order valence-electron chi connectivity index (χ1n) is 40.6. The fraction of sp³-hybridized carbons (Fsp3) is 0.429. The van der Waals surface area contributed by atoms with Crippen LogP contribution in [0.25, 0.3) is 49.8 Å². The van der Waals surface area contributed by atoms with Gasteiger partial charge in [0.1, 0.15) is 56.9 Å². The van der Waals surface area contributed by atoms with E-state index < -0.39 is 34.1 Å². The van der Waals surface area contributed by atoms with Gasteiger partial charge in [-0.25, -0.2) is 28.1 Å². The zero-order valence-corrected chi connectivity index (χ0v) is 72.4. The van der Waals surface area contributed by atoms with Gasteiger partial charge in [-0.15, -0.1) is 0 Å². The molecule has 3 aromatic carbocycles. The third kappa shape index (κ3) is 17.1. The van der Waals surface area contributed by atoms with Crippen LogP contribution in [0.2, 0.25) is 20.1 Å². The van der Waals surface area contributed by atoms with Crippen LogP contribution < -0.4 is 63.3 Å². The van der Waals surface area contributed by atoms with Gasteiger partial charge in [0.25, 0.3) is 16.7 Å². The Hall–Kier alpha value is -10.8. The van der Waals surface area contributed by atoms with Crippen LogP contribution in [0.3, 0.4) is 0 Å². The normalized spacial score (nSPS) is 16.1. The lowest BCUT2D eigenvalue weighted by molar-refractivity contribution is -0.127. The van der Waals surface area contributed by atoms with E-state index in [9.17, 15) is 28.8 Å². The highest BCUT2D eigenvalue weighted by Gasteiger charge is 2.39. The molecule has 642 valence electrons.